The van der Waals surface area contributed by atoms with Crippen LogP contribution in [0.15, 0.2) is 33.6 Å². The number of aryl methyl sites for hydroxylation is 1. The van der Waals surface area contributed by atoms with E-state index >= 15 is 0 Å². The Balaban J connectivity index is 1.65. The second-order valence-electron chi connectivity index (χ2n) is 7.43. The number of benzene rings is 1. The van der Waals surface area contributed by atoms with Crippen LogP contribution in [-0.4, -0.2) is 53.7 Å². The van der Waals surface area contributed by atoms with Crippen molar-refractivity contribution < 1.29 is 17.2 Å². The number of rotatable bonds is 4. The summed E-state index contributed by atoms with van der Waals surface area (Å²) in [6, 6.07) is 6.24. The van der Waals surface area contributed by atoms with Crippen LogP contribution in [0.1, 0.15) is 17.3 Å². The Kier molecular flexibility index (Phi) is 5.15. The molecule has 0 aliphatic carbocycles. The second-order valence-corrected chi connectivity index (χ2v) is 9.30. The standard InChI is InChI=1S/C20H24FN5O3S/c1-13-18(20-23-22-15(3)29-20)19(14(2)24(13)4)30(27,28)26-11-9-25(10-12-26)17-7-5-16(21)6-8-17/h5-8H,9-12H2,1-4H3. The topological polar surface area (TPSA) is 84.5 Å². The minimum Gasteiger partial charge on any atom is -0.421 e. The number of hydrogen-bond donors (Lipinski definition) is 0. The lowest BCUT2D eigenvalue weighted by molar-refractivity contribution is 0.384. The van der Waals surface area contributed by atoms with Gasteiger partial charge in [0.2, 0.25) is 15.9 Å². The third-order valence-corrected chi connectivity index (χ3v) is 7.75. The molecule has 3 heterocycles. The molecule has 0 spiro atoms. The summed E-state index contributed by atoms with van der Waals surface area (Å²) in [6.45, 7) is 6.99. The van der Waals surface area contributed by atoms with Gasteiger partial charge in [-0.2, -0.15) is 4.31 Å². The first-order chi connectivity index (χ1) is 14.2. The number of sulfonamides is 1. The summed E-state index contributed by atoms with van der Waals surface area (Å²) in [6.07, 6.45) is 0. The molecule has 4 rings (SSSR count). The van der Waals surface area contributed by atoms with Gasteiger partial charge in [-0.05, 0) is 38.1 Å². The average Bonchev–Trinajstić information content (AvgIpc) is 3.25. The highest BCUT2D eigenvalue weighted by Gasteiger charge is 2.36. The highest BCUT2D eigenvalue weighted by atomic mass is 32.2. The van der Waals surface area contributed by atoms with Crippen LogP contribution >= 0.6 is 0 Å². The fourth-order valence-electron chi connectivity index (χ4n) is 3.85. The van der Waals surface area contributed by atoms with Gasteiger partial charge in [0.1, 0.15) is 10.7 Å². The van der Waals surface area contributed by atoms with Crippen LogP contribution < -0.4 is 4.90 Å². The zero-order valence-corrected chi connectivity index (χ0v) is 18.2. The van der Waals surface area contributed by atoms with Gasteiger partial charge < -0.3 is 13.9 Å². The molecule has 160 valence electrons. The van der Waals surface area contributed by atoms with Crippen molar-refractivity contribution in [3.63, 3.8) is 0 Å². The summed E-state index contributed by atoms with van der Waals surface area (Å²) in [5.74, 6) is 0.290. The van der Waals surface area contributed by atoms with Gasteiger partial charge in [-0.3, -0.25) is 0 Å². The maximum atomic E-state index is 13.6. The molecule has 3 aromatic rings. The van der Waals surface area contributed by atoms with Gasteiger partial charge in [-0.25, -0.2) is 12.8 Å². The number of piperazine rings is 1. The lowest BCUT2D eigenvalue weighted by Crippen LogP contribution is -2.48. The number of aromatic nitrogens is 3. The highest BCUT2D eigenvalue weighted by Crippen LogP contribution is 2.36. The van der Waals surface area contributed by atoms with E-state index in [0.29, 0.717) is 43.3 Å². The van der Waals surface area contributed by atoms with Crippen LogP contribution in [-0.2, 0) is 17.1 Å². The van der Waals surface area contributed by atoms with E-state index in [9.17, 15) is 12.8 Å². The number of halogens is 1. The third-order valence-electron chi connectivity index (χ3n) is 5.69. The Labute approximate surface area is 175 Å². The summed E-state index contributed by atoms with van der Waals surface area (Å²) >= 11 is 0. The predicted octanol–water partition coefficient (Wildman–Crippen LogP) is 2.65. The van der Waals surface area contributed by atoms with Crippen LogP contribution in [0.25, 0.3) is 11.5 Å². The number of nitrogens with zero attached hydrogens (tertiary/aromatic N) is 5. The van der Waals surface area contributed by atoms with Gasteiger partial charge >= 0.3 is 0 Å². The zero-order valence-electron chi connectivity index (χ0n) is 17.4. The Hall–Kier alpha value is -2.72. The summed E-state index contributed by atoms with van der Waals surface area (Å²) in [5.41, 5.74) is 2.71. The fourth-order valence-corrected chi connectivity index (χ4v) is 5.75. The molecule has 0 saturated carbocycles. The van der Waals surface area contributed by atoms with Gasteiger partial charge in [0.15, 0.2) is 0 Å². The molecule has 10 heteroatoms. The summed E-state index contributed by atoms with van der Waals surface area (Å²) in [7, 11) is -1.96. The zero-order chi connectivity index (χ0) is 21.6. The van der Waals surface area contributed by atoms with Gasteiger partial charge in [-0.15, -0.1) is 10.2 Å². The molecule has 2 aromatic heterocycles. The van der Waals surface area contributed by atoms with Crippen molar-refractivity contribution in [2.75, 3.05) is 31.1 Å². The Morgan fingerprint density at radius 3 is 2.17 bits per heavy atom. The van der Waals surface area contributed by atoms with Gasteiger partial charge in [-0.1, -0.05) is 0 Å². The first kappa shape index (κ1) is 20.5. The molecule has 1 aliphatic rings. The third kappa shape index (κ3) is 3.39. The number of hydrogen-bond acceptors (Lipinski definition) is 6. The fraction of sp³-hybridized carbons (Fsp3) is 0.400. The summed E-state index contributed by atoms with van der Waals surface area (Å²) in [5, 5.41) is 7.92. The quantitative estimate of drug-likeness (QED) is 0.629. The van der Waals surface area contributed by atoms with Crippen molar-refractivity contribution in [2.24, 2.45) is 7.05 Å². The van der Waals surface area contributed by atoms with Crippen molar-refractivity contribution in [1.29, 1.82) is 0 Å². The van der Waals surface area contributed by atoms with Gasteiger partial charge in [0, 0.05) is 57.2 Å². The van der Waals surface area contributed by atoms with E-state index in [1.54, 1.807) is 26.0 Å². The molecule has 8 nitrogen and oxygen atoms in total. The molecule has 1 saturated heterocycles. The van der Waals surface area contributed by atoms with Crippen molar-refractivity contribution >= 4 is 15.7 Å². The molecule has 1 aromatic carbocycles. The van der Waals surface area contributed by atoms with Crippen molar-refractivity contribution in [2.45, 2.75) is 25.7 Å². The van der Waals surface area contributed by atoms with Crippen LogP contribution in [0.2, 0.25) is 0 Å². The SMILES string of the molecule is Cc1nnc(-c2c(S(=O)(=O)N3CCN(c4ccc(F)cc4)CC3)c(C)n(C)c2C)o1. The Morgan fingerprint density at radius 2 is 1.60 bits per heavy atom. The maximum Gasteiger partial charge on any atom is 0.250 e. The number of anilines is 1. The monoisotopic (exact) mass is 433 g/mol. The molecular weight excluding hydrogens is 409 g/mol. The molecule has 0 radical (unpaired) electrons. The predicted molar refractivity (Wildman–Crippen MR) is 110 cm³/mol. The minimum absolute atomic E-state index is 0.206. The summed E-state index contributed by atoms with van der Waals surface area (Å²) in [4.78, 5) is 2.26. The smallest absolute Gasteiger partial charge is 0.250 e. The van der Waals surface area contributed by atoms with E-state index in [0.717, 1.165) is 11.4 Å². The molecule has 0 amide bonds. The highest BCUT2D eigenvalue weighted by molar-refractivity contribution is 7.89. The molecule has 1 fully saturated rings. The first-order valence-corrected chi connectivity index (χ1v) is 11.1. The van der Waals surface area contributed by atoms with Gasteiger partial charge in [0.05, 0.1) is 5.56 Å². The lowest BCUT2D eigenvalue weighted by atomic mass is 10.2. The van der Waals surface area contributed by atoms with Crippen LogP contribution in [0.3, 0.4) is 0 Å². The maximum absolute atomic E-state index is 13.6. The van der Waals surface area contributed by atoms with Crippen molar-refractivity contribution in [3.8, 4) is 11.5 Å². The van der Waals surface area contributed by atoms with E-state index in [4.69, 9.17) is 4.42 Å². The molecule has 0 atom stereocenters. The van der Waals surface area contributed by atoms with E-state index < -0.39 is 10.0 Å². The normalized spacial score (nSPS) is 15.7. The molecule has 0 N–H and O–H groups in total. The molecular formula is C20H24FN5O3S. The van der Waals surface area contributed by atoms with Crippen LogP contribution in [0, 0.1) is 26.6 Å². The van der Waals surface area contributed by atoms with Crippen LogP contribution in [0.4, 0.5) is 10.1 Å². The molecule has 0 bridgehead atoms. The second kappa shape index (κ2) is 7.51. The Bertz CT molecular complexity index is 1180. The van der Waals surface area contributed by atoms with Crippen LogP contribution in [0.5, 0.6) is 0 Å². The first-order valence-electron chi connectivity index (χ1n) is 9.67. The lowest BCUT2D eigenvalue weighted by Gasteiger charge is -2.35. The molecule has 30 heavy (non-hydrogen) atoms. The van der Waals surface area contributed by atoms with Gasteiger partial charge in [0.25, 0.3) is 5.89 Å². The van der Waals surface area contributed by atoms with E-state index in [1.807, 2.05) is 18.5 Å². The molecule has 1 aliphatic heterocycles. The average molecular weight is 434 g/mol. The Morgan fingerprint density at radius 1 is 0.967 bits per heavy atom. The summed E-state index contributed by atoms with van der Waals surface area (Å²) < 4.78 is 49.3. The van der Waals surface area contributed by atoms with E-state index in [-0.39, 0.29) is 16.6 Å². The van der Waals surface area contributed by atoms with E-state index in [2.05, 4.69) is 15.1 Å². The van der Waals surface area contributed by atoms with Crippen molar-refractivity contribution in [1.82, 2.24) is 19.1 Å². The minimum atomic E-state index is -3.78. The molecule has 0 unspecified atom stereocenters. The van der Waals surface area contributed by atoms with E-state index in [1.165, 1.54) is 16.4 Å². The van der Waals surface area contributed by atoms with Crippen molar-refractivity contribution in [3.05, 3.63) is 47.4 Å². The largest absolute Gasteiger partial charge is 0.421 e.